The third-order valence-corrected chi connectivity index (χ3v) is 3.79. The molecule has 0 heterocycles. The van der Waals surface area contributed by atoms with Gasteiger partial charge in [-0.05, 0) is 53.5 Å². The molecule has 3 N–H and O–H groups in total. The van der Waals surface area contributed by atoms with Crippen molar-refractivity contribution in [3.63, 3.8) is 0 Å². The van der Waals surface area contributed by atoms with Gasteiger partial charge in [0, 0.05) is 16.6 Å². The van der Waals surface area contributed by atoms with Crippen LogP contribution in [0.5, 0.6) is 0 Å². The number of nitrogens with two attached hydrogens (primary N) is 1. The van der Waals surface area contributed by atoms with Crippen LogP contribution >= 0.6 is 27.5 Å². The fraction of sp³-hybridized carbons (Fsp3) is 0.462. The van der Waals surface area contributed by atoms with Gasteiger partial charge >= 0.3 is 0 Å². The van der Waals surface area contributed by atoms with Crippen LogP contribution in [0.1, 0.15) is 32.1 Å². The van der Waals surface area contributed by atoms with Crippen LogP contribution in [0.4, 0.5) is 5.69 Å². The van der Waals surface area contributed by atoms with Crippen molar-refractivity contribution in [1.82, 2.24) is 0 Å². The molecule has 0 aliphatic carbocycles. The zero-order valence-corrected chi connectivity index (χ0v) is 12.6. The molecule has 0 aromatic heterocycles. The van der Waals surface area contributed by atoms with Crippen LogP contribution in [0.2, 0.25) is 5.02 Å². The van der Waals surface area contributed by atoms with Crippen molar-refractivity contribution < 1.29 is 4.79 Å². The summed E-state index contributed by atoms with van der Waals surface area (Å²) >= 11 is 9.26. The van der Waals surface area contributed by atoms with Gasteiger partial charge in [0.25, 0.3) is 0 Å². The SMILES string of the molecule is NCCCCCCC(=O)Nc1ccc(Br)c(Cl)c1. The summed E-state index contributed by atoms with van der Waals surface area (Å²) in [6, 6.07) is 5.37. The molecule has 18 heavy (non-hydrogen) atoms. The van der Waals surface area contributed by atoms with Gasteiger partial charge in [-0.1, -0.05) is 24.4 Å². The largest absolute Gasteiger partial charge is 0.330 e. The van der Waals surface area contributed by atoms with E-state index >= 15 is 0 Å². The average Bonchev–Trinajstić information content (AvgIpc) is 2.34. The van der Waals surface area contributed by atoms with Gasteiger partial charge in [0.15, 0.2) is 0 Å². The van der Waals surface area contributed by atoms with Crippen LogP contribution in [-0.4, -0.2) is 12.5 Å². The molecule has 0 unspecified atom stereocenters. The summed E-state index contributed by atoms with van der Waals surface area (Å²) in [5.41, 5.74) is 6.14. The number of amides is 1. The van der Waals surface area contributed by atoms with Gasteiger partial charge < -0.3 is 11.1 Å². The lowest BCUT2D eigenvalue weighted by Crippen LogP contribution is -2.11. The number of carbonyl (C=O) groups is 1. The van der Waals surface area contributed by atoms with E-state index in [1.54, 1.807) is 6.07 Å². The van der Waals surface area contributed by atoms with E-state index in [1.165, 1.54) is 0 Å². The zero-order valence-electron chi connectivity index (χ0n) is 10.2. The number of carbonyl (C=O) groups excluding carboxylic acids is 1. The second kappa shape index (κ2) is 8.51. The van der Waals surface area contributed by atoms with Crippen molar-refractivity contribution in [1.29, 1.82) is 0 Å². The molecule has 5 heteroatoms. The third-order valence-electron chi connectivity index (χ3n) is 2.56. The molecule has 100 valence electrons. The maximum atomic E-state index is 11.7. The molecule has 1 aromatic rings. The number of unbranched alkanes of at least 4 members (excludes halogenated alkanes) is 3. The number of hydrogen-bond acceptors (Lipinski definition) is 2. The summed E-state index contributed by atoms with van der Waals surface area (Å²) in [5.74, 6) is 0.0288. The maximum Gasteiger partial charge on any atom is 0.224 e. The fourth-order valence-corrected chi connectivity index (χ4v) is 2.01. The zero-order chi connectivity index (χ0) is 13.4. The van der Waals surface area contributed by atoms with Crippen LogP contribution in [0.25, 0.3) is 0 Å². The first-order valence-electron chi connectivity index (χ1n) is 6.08. The van der Waals surface area contributed by atoms with E-state index < -0.39 is 0 Å². The van der Waals surface area contributed by atoms with Gasteiger partial charge in [-0.15, -0.1) is 0 Å². The van der Waals surface area contributed by atoms with Gasteiger partial charge in [0.05, 0.1) is 5.02 Å². The minimum atomic E-state index is 0.0288. The predicted octanol–water partition coefficient (Wildman–Crippen LogP) is 3.95. The molecule has 0 aliphatic heterocycles. The molecule has 1 aromatic carbocycles. The molecule has 0 fully saturated rings. The van der Waals surface area contributed by atoms with E-state index in [-0.39, 0.29) is 5.91 Å². The number of nitrogens with one attached hydrogen (secondary N) is 1. The van der Waals surface area contributed by atoms with Crippen molar-refractivity contribution in [2.24, 2.45) is 5.73 Å². The summed E-state index contributed by atoms with van der Waals surface area (Å²) in [6.45, 7) is 0.726. The quantitative estimate of drug-likeness (QED) is 0.742. The molecule has 0 atom stereocenters. The molecule has 0 spiro atoms. The van der Waals surface area contributed by atoms with Gasteiger partial charge in [0.1, 0.15) is 0 Å². The molecule has 0 aliphatic rings. The van der Waals surface area contributed by atoms with Gasteiger partial charge in [0.2, 0.25) is 5.91 Å². The van der Waals surface area contributed by atoms with Crippen LogP contribution in [-0.2, 0) is 4.79 Å². The van der Waals surface area contributed by atoms with E-state index in [1.807, 2.05) is 12.1 Å². The van der Waals surface area contributed by atoms with Crippen molar-refractivity contribution in [2.45, 2.75) is 32.1 Å². The second-order valence-electron chi connectivity index (χ2n) is 4.13. The highest BCUT2D eigenvalue weighted by Crippen LogP contribution is 2.25. The Balaban J connectivity index is 2.29. The first kappa shape index (κ1) is 15.5. The Kier molecular flexibility index (Phi) is 7.32. The number of rotatable bonds is 7. The Hall–Kier alpha value is -0.580. The van der Waals surface area contributed by atoms with Crippen molar-refractivity contribution >= 4 is 39.1 Å². The Morgan fingerprint density at radius 2 is 2.00 bits per heavy atom. The minimum absolute atomic E-state index is 0.0288. The van der Waals surface area contributed by atoms with Crippen molar-refractivity contribution in [3.05, 3.63) is 27.7 Å². The van der Waals surface area contributed by atoms with E-state index in [2.05, 4.69) is 21.2 Å². The Morgan fingerprint density at radius 1 is 1.28 bits per heavy atom. The predicted molar refractivity (Wildman–Crippen MR) is 79.9 cm³/mol. The van der Waals surface area contributed by atoms with Crippen molar-refractivity contribution in [3.8, 4) is 0 Å². The lowest BCUT2D eigenvalue weighted by molar-refractivity contribution is -0.116. The van der Waals surface area contributed by atoms with E-state index in [0.717, 1.165) is 42.4 Å². The summed E-state index contributed by atoms with van der Waals surface area (Å²) in [6.07, 6.45) is 4.61. The molecule has 0 saturated heterocycles. The van der Waals surface area contributed by atoms with Gasteiger partial charge in [-0.3, -0.25) is 4.79 Å². The second-order valence-corrected chi connectivity index (χ2v) is 5.39. The topological polar surface area (TPSA) is 55.1 Å². The summed E-state index contributed by atoms with van der Waals surface area (Å²) in [7, 11) is 0. The average molecular weight is 334 g/mol. The third kappa shape index (κ3) is 5.85. The Labute approximate surface area is 121 Å². The van der Waals surface area contributed by atoms with Crippen LogP contribution in [0.3, 0.4) is 0 Å². The monoisotopic (exact) mass is 332 g/mol. The summed E-state index contributed by atoms with van der Waals surface area (Å²) in [5, 5.41) is 3.43. The van der Waals surface area contributed by atoms with Gasteiger partial charge in [-0.2, -0.15) is 0 Å². The van der Waals surface area contributed by atoms with E-state index in [4.69, 9.17) is 17.3 Å². The minimum Gasteiger partial charge on any atom is -0.330 e. The van der Waals surface area contributed by atoms with Crippen LogP contribution in [0.15, 0.2) is 22.7 Å². The van der Waals surface area contributed by atoms with E-state index in [9.17, 15) is 4.79 Å². The lowest BCUT2D eigenvalue weighted by Gasteiger charge is -2.06. The smallest absolute Gasteiger partial charge is 0.224 e. The fourth-order valence-electron chi connectivity index (χ4n) is 1.58. The van der Waals surface area contributed by atoms with Crippen LogP contribution < -0.4 is 11.1 Å². The number of anilines is 1. The first-order valence-corrected chi connectivity index (χ1v) is 7.25. The molecule has 0 bridgehead atoms. The summed E-state index contributed by atoms with van der Waals surface area (Å²) < 4.78 is 0.823. The molecular formula is C13H18BrClN2O. The van der Waals surface area contributed by atoms with Crippen molar-refractivity contribution in [2.75, 3.05) is 11.9 Å². The standard InChI is InChI=1S/C13H18BrClN2O/c14-11-7-6-10(9-12(11)15)17-13(18)5-3-1-2-4-8-16/h6-7,9H,1-5,8,16H2,(H,17,18). The highest BCUT2D eigenvalue weighted by Gasteiger charge is 2.04. The number of hydrogen-bond donors (Lipinski definition) is 2. The molecule has 3 nitrogen and oxygen atoms in total. The highest BCUT2D eigenvalue weighted by atomic mass is 79.9. The van der Waals surface area contributed by atoms with Crippen LogP contribution in [0, 0.1) is 0 Å². The molecule has 1 amide bonds. The number of halogens is 2. The highest BCUT2D eigenvalue weighted by molar-refractivity contribution is 9.10. The molecular weight excluding hydrogens is 316 g/mol. The Bertz CT molecular complexity index is 399. The van der Waals surface area contributed by atoms with Gasteiger partial charge in [-0.25, -0.2) is 0 Å². The Morgan fingerprint density at radius 3 is 2.67 bits per heavy atom. The number of benzene rings is 1. The normalized spacial score (nSPS) is 10.4. The summed E-state index contributed by atoms with van der Waals surface area (Å²) in [4.78, 5) is 11.7. The molecule has 0 saturated carbocycles. The lowest BCUT2D eigenvalue weighted by atomic mass is 10.1. The van der Waals surface area contributed by atoms with E-state index in [0.29, 0.717) is 11.4 Å². The maximum absolute atomic E-state index is 11.7. The first-order chi connectivity index (χ1) is 8.63. The molecule has 1 rings (SSSR count). The molecule has 0 radical (unpaired) electrons.